The number of benzene rings is 1. The van der Waals surface area contributed by atoms with Crippen LogP contribution >= 0.6 is 0 Å². The lowest BCUT2D eigenvalue weighted by molar-refractivity contribution is 0.143. The van der Waals surface area contributed by atoms with Gasteiger partial charge in [0.2, 0.25) is 0 Å². The van der Waals surface area contributed by atoms with Gasteiger partial charge in [0.1, 0.15) is 5.60 Å². The highest BCUT2D eigenvalue weighted by Crippen LogP contribution is 2.11. The molecule has 0 bridgehead atoms. The minimum atomic E-state index is -0.930. The van der Waals surface area contributed by atoms with E-state index in [4.69, 9.17) is 0 Å². The van der Waals surface area contributed by atoms with Crippen molar-refractivity contribution in [3.05, 3.63) is 29.8 Å². The molecule has 0 fully saturated rings. The van der Waals surface area contributed by atoms with Crippen molar-refractivity contribution >= 4 is 5.69 Å². The van der Waals surface area contributed by atoms with E-state index in [0.717, 1.165) is 11.3 Å². The number of anilines is 1. The first-order valence-corrected chi connectivity index (χ1v) is 4.91. The second-order valence-electron chi connectivity index (χ2n) is 4.25. The zero-order chi connectivity index (χ0) is 11.5. The van der Waals surface area contributed by atoms with Crippen LogP contribution in [0.1, 0.15) is 19.4 Å². The molecule has 0 atom stereocenters. The number of hydrogen-bond acceptors (Lipinski definition) is 2. The molecule has 0 amide bonds. The molecule has 0 aliphatic heterocycles. The Morgan fingerprint density at radius 1 is 1.13 bits per heavy atom. The van der Waals surface area contributed by atoms with Gasteiger partial charge < -0.3 is 10.0 Å². The Hall–Kier alpha value is -1.46. The normalized spacial score (nSPS) is 10.5. The summed E-state index contributed by atoms with van der Waals surface area (Å²) in [7, 11) is 4.00. The minimum Gasteiger partial charge on any atom is -0.378 e. The fraction of sp³-hybridized carbons (Fsp3) is 0.385. The molecule has 15 heavy (non-hydrogen) atoms. The molecule has 0 saturated heterocycles. The minimum absolute atomic E-state index is 0.919. The van der Waals surface area contributed by atoms with Crippen LogP contribution < -0.4 is 4.90 Å². The van der Waals surface area contributed by atoms with Gasteiger partial charge in [-0.2, -0.15) is 0 Å². The Labute approximate surface area is 91.5 Å². The number of rotatable bonds is 1. The van der Waals surface area contributed by atoms with Gasteiger partial charge >= 0.3 is 0 Å². The van der Waals surface area contributed by atoms with Crippen molar-refractivity contribution in [3.8, 4) is 11.8 Å². The number of nitrogens with zero attached hydrogens (tertiary/aromatic N) is 1. The van der Waals surface area contributed by atoms with Gasteiger partial charge in [-0.15, -0.1) is 0 Å². The first kappa shape index (κ1) is 11.6. The second-order valence-corrected chi connectivity index (χ2v) is 4.25. The maximum absolute atomic E-state index is 9.44. The molecule has 1 aromatic rings. The molecule has 80 valence electrons. The van der Waals surface area contributed by atoms with Crippen LogP contribution in [0.15, 0.2) is 24.3 Å². The van der Waals surface area contributed by atoms with E-state index in [2.05, 4.69) is 11.8 Å². The zero-order valence-electron chi connectivity index (χ0n) is 9.70. The third kappa shape index (κ3) is 4.05. The summed E-state index contributed by atoms with van der Waals surface area (Å²) >= 11 is 0. The van der Waals surface area contributed by atoms with Crippen LogP contribution in [0.2, 0.25) is 0 Å². The molecule has 0 aliphatic rings. The molecule has 1 rings (SSSR count). The first-order valence-electron chi connectivity index (χ1n) is 4.91. The number of aliphatic hydroxyl groups is 1. The van der Waals surface area contributed by atoms with Gasteiger partial charge in [0.05, 0.1) is 0 Å². The van der Waals surface area contributed by atoms with Crippen molar-refractivity contribution < 1.29 is 5.11 Å². The Morgan fingerprint density at radius 3 is 2.07 bits per heavy atom. The van der Waals surface area contributed by atoms with Gasteiger partial charge in [-0.05, 0) is 38.1 Å². The molecule has 1 aromatic carbocycles. The Kier molecular flexibility index (Phi) is 3.39. The lowest BCUT2D eigenvalue weighted by Gasteiger charge is -2.11. The summed E-state index contributed by atoms with van der Waals surface area (Å²) in [6.45, 7) is 3.35. The van der Waals surface area contributed by atoms with E-state index in [9.17, 15) is 5.11 Å². The van der Waals surface area contributed by atoms with Gasteiger partial charge in [-0.25, -0.2) is 0 Å². The molecule has 0 saturated carbocycles. The Morgan fingerprint density at radius 2 is 1.67 bits per heavy atom. The van der Waals surface area contributed by atoms with E-state index in [0.29, 0.717) is 0 Å². The van der Waals surface area contributed by atoms with Crippen molar-refractivity contribution in [2.45, 2.75) is 19.4 Å². The fourth-order valence-corrected chi connectivity index (χ4v) is 1.07. The Bertz CT molecular complexity index is 374. The van der Waals surface area contributed by atoms with Crippen molar-refractivity contribution in [1.29, 1.82) is 0 Å². The first-order chi connectivity index (χ1) is 6.88. The molecule has 0 heterocycles. The van der Waals surface area contributed by atoms with Crippen molar-refractivity contribution in [1.82, 2.24) is 0 Å². The molecular formula is C13H17NO. The van der Waals surface area contributed by atoms with Crippen molar-refractivity contribution in [2.24, 2.45) is 0 Å². The van der Waals surface area contributed by atoms with Crippen LogP contribution in [0, 0.1) is 11.8 Å². The summed E-state index contributed by atoms with van der Waals surface area (Å²) in [5.74, 6) is 5.71. The molecule has 0 aliphatic carbocycles. The maximum Gasteiger partial charge on any atom is 0.120 e. The summed E-state index contributed by atoms with van der Waals surface area (Å²) in [5, 5.41) is 9.44. The van der Waals surface area contributed by atoms with Gasteiger partial charge in [-0.3, -0.25) is 0 Å². The number of hydrogen-bond donors (Lipinski definition) is 1. The molecule has 0 unspecified atom stereocenters. The third-order valence-electron chi connectivity index (χ3n) is 1.90. The molecule has 0 aromatic heterocycles. The van der Waals surface area contributed by atoms with E-state index < -0.39 is 5.60 Å². The van der Waals surface area contributed by atoms with Gasteiger partial charge in [0.25, 0.3) is 0 Å². The van der Waals surface area contributed by atoms with Crippen LogP contribution in [0.3, 0.4) is 0 Å². The van der Waals surface area contributed by atoms with E-state index >= 15 is 0 Å². The molecule has 0 radical (unpaired) electrons. The average molecular weight is 203 g/mol. The van der Waals surface area contributed by atoms with Crippen LogP contribution in [-0.4, -0.2) is 24.8 Å². The van der Waals surface area contributed by atoms with Crippen molar-refractivity contribution in [3.63, 3.8) is 0 Å². The smallest absolute Gasteiger partial charge is 0.120 e. The maximum atomic E-state index is 9.44. The van der Waals surface area contributed by atoms with E-state index in [1.54, 1.807) is 13.8 Å². The zero-order valence-corrected chi connectivity index (χ0v) is 9.70. The van der Waals surface area contributed by atoms with Crippen LogP contribution in [-0.2, 0) is 0 Å². The van der Waals surface area contributed by atoms with Gasteiger partial charge in [0.15, 0.2) is 0 Å². The highest BCUT2D eigenvalue weighted by Gasteiger charge is 2.05. The highest BCUT2D eigenvalue weighted by molar-refractivity contribution is 5.49. The monoisotopic (exact) mass is 203 g/mol. The average Bonchev–Trinajstić information content (AvgIpc) is 2.14. The molecule has 2 heteroatoms. The van der Waals surface area contributed by atoms with E-state index in [-0.39, 0.29) is 0 Å². The fourth-order valence-electron chi connectivity index (χ4n) is 1.07. The second kappa shape index (κ2) is 4.37. The Balaban J connectivity index is 2.85. The summed E-state index contributed by atoms with van der Waals surface area (Å²) < 4.78 is 0. The predicted octanol–water partition coefficient (Wildman–Crippen LogP) is 1.87. The largest absolute Gasteiger partial charge is 0.378 e. The molecule has 2 nitrogen and oxygen atoms in total. The highest BCUT2D eigenvalue weighted by atomic mass is 16.3. The SMILES string of the molecule is CN(C)c1ccc(C#CC(C)(C)O)cc1. The summed E-state index contributed by atoms with van der Waals surface area (Å²) in [4.78, 5) is 2.03. The van der Waals surface area contributed by atoms with Crippen LogP contribution in [0.5, 0.6) is 0 Å². The van der Waals surface area contributed by atoms with E-state index in [1.807, 2.05) is 43.3 Å². The summed E-state index contributed by atoms with van der Waals surface area (Å²) in [5.41, 5.74) is 1.13. The molecule has 0 spiro atoms. The van der Waals surface area contributed by atoms with Crippen LogP contribution in [0.25, 0.3) is 0 Å². The standard InChI is InChI=1S/C13H17NO/c1-13(2,15)10-9-11-5-7-12(8-6-11)14(3)4/h5-8,15H,1-4H3. The quantitative estimate of drug-likeness (QED) is 0.704. The van der Waals surface area contributed by atoms with E-state index in [1.165, 1.54) is 0 Å². The van der Waals surface area contributed by atoms with Gasteiger partial charge in [-0.1, -0.05) is 11.8 Å². The predicted molar refractivity (Wildman–Crippen MR) is 63.9 cm³/mol. The third-order valence-corrected chi connectivity index (χ3v) is 1.90. The van der Waals surface area contributed by atoms with Crippen molar-refractivity contribution in [2.75, 3.05) is 19.0 Å². The molecular weight excluding hydrogens is 186 g/mol. The summed E-state index contributed by atoms with van der Waals surface area (Å²) in [6.07, 6.45) is 0. The van der Waals surface area contributed by atoms with Crippen LogP contribution in [0.4, 0.5) is 5.69 Å². The lowest BCUT2D eigenvalue weighted by atomic mass is 10.1. The topological polar surface area (TPSA) is 23.5 Å². The van der Waals surface area contributed by atoms with Gasteiger partial charge in [0, 0.05) is 25.3 Å². The lowest BCUT2D eigenvalue weighted by Crippen LogP contribution is -2.14. The summed E-state index contributed by atoms with van der Waals surface area (Å²) in [6, 6.07) is 7.92. The molecule has 1 N–H and O–H groups in total.